The molecule has 0 bridgehead atoms. The van der Waals surface area contributed by atoms with E-state index in [1.165, 1.54) is 37.6 Å². The first-order valence-corrected chi connectivity index (χ1v) is 6.98. The van der Waals surface area contributed by atoms with Crippen molar-refractivity contribution in [2.45, 2.75) is 34.1 Å². The summed E-state index contributed by atoms with van der Waals surface area (Å²) in [5.41, 5.74) is 0.505. The summed E-state index contributed by atoms with van der Waals surface area (Å²) in [6, 6.07) is 0. The second kappa shape index (κ2) is 5.41. The molecule has 1 fully saturated rings. The summed E-state index contributed by atoms with van der Waals surface area (Å²) in [6.07, 6.45) is 1.34. The first kappa shape index (κ1) is 12.4. The highest BCUT2D eigenvalue weighted by atomic mass is 32.2. The van der Waals surface area contributed by atoms with Crippen LogP contribution in [0, 0.1) is 11.3 Å². The standard InChI is InChI=1S/C12H25NS/c1-11(2)12(3,4)5-6-13-7-9-14-10-8-13/h11H,5-10H2,1-4H3. The van der Waals surface area contributed by atoms with Crippen molar-refractivity contribution in [2.24, 2.45) is 11.3 Å². The number of hydrogen-bond acceptors (Lipinski definition) is 2. The molecule has 0 aromatic rings. The topological polar surface area (TPSA) is 3.24 Å². The highest BCUT2D eigenvalue weighted by Gasteiger charge is 2.23. The van der Waals surface area contributed by atoms with E-state index in [0.29, 0.717) is 5.41 Å². The van der Waals surface area contributed by atoms with Gasteiger partial charge in [0.25, 0.3) is 0 Å². The minimum absolute atomic E-state index is 0.505. The van der Waals surface area contributed by atoms with Crippen molar-refractivity contribution in [3.63, 3.8) is 0 Å². The number of nitrogens with zero attached hydrogens (tertiary/aromatic N) is 1. The minimum Gasteiger partial charge on any atom is -0.302 e. The molecule has 0 atom stereocenters. The van der Waals surface area contributed by atoms with Gasteiger partial charge in [-0.05, 0) is 24.3 Å². The Bertz CT molecular complexity index is 160. The fourth-order valence-corrected chi connectivity index (χ4v) is 2.54. The molecule has 0 unspecified atom stereocenters. The van der Waals surface area contributed by atoms with E-state index in [-0.39, 0.29) is 0 Å². The third-order valence-electron chi connectivity index (χ3n) is 3.74. The summed E-state index contributed by atoms with van der Waals surface area (Å²) in [6.45, 7) is 13.4. The molecule has 1 aliphatic heterocycles. The molecule has 1 heterocycles. The van der Waals surface area contributed by atoms with E-state index in [1.54, 1.807) is 0 Å². The van der Waals surface area contributed by atoms with Gasteiger partial charge in [0.05, 0.1) is 0 Å². The van der Waals surface area contributed by atoms with Crippen molar-refractivity contribution < 1.29 is 0 Å². The second-order valence-electron chi connectivity index (χ2n) is 5.35. The van der Waals surface area contributed by atoms with Gasteiger partial charge in [0.1, 0.15) is 0 Å². The lowest BCUT2D eigenvalue weighted by molar-refractivity contribution is 0.181. The molecule has 0 aliphatic carbocycles. The maximum Gasteiger partial charge on any atom is 0.00727 e. The van der Waals surface area contributed by atoms with Crippen molar-refractivity contribution in [3.05, 3.63) is 0 Å². The molecule has 0 radical (unpaired) electrons. The third kappa shape index (κ3) is 3.82. The molecule has 0 aromatic heterocycles. The normalized spacial score (nSPS) is 20.4. The first-order valence-electron chi connectivity index (χ1n) is 5.82. The van der Waals surface area contributed by atoms with Crippen LogP contribution in [-0.4, -0.2) is 36.0 Å². The molecule has 1 rings (SSSR count). The zero-order valence-electron chi connectivity index (χ0n) is 10.2. The average Bonchev–Trinajstić information content (AvgIpc) is 2.16. The van der Waals surface area contributed by atoms with Gasteiger partial charge in [-0.15, -0.1) is 0 Å². The van der Waals surface area contributed by atoms with Crippen LogP contribution in [0.15, 0.2) is 0 Å². The van der Waals surface area contributed by atoms with E-state index < -0.39 is 0 Å². The van der Waals surface area contributed by atoms with Gasteiger partial charge in [-0.1, -0.05) is 27.7 Å². The summed E-state index contributed by atoms with van der Waals surface area (Å²) in [4.78, 5) is 2.63. The van der Waals surface area contributed by atoms with E-state index >= 15 is 0 Å². The lowest BCUT2D eigenvalue weighted by atomic mass is 9.78. The molecule has 0 spiro atoms. The fraction of sp³-hybridized carbons (Fsp3) is 1.00. The zero-order valence-corrected chi connectivity index (χ0v) is 11.0. The van der Waals surface area contributed by atoms with Gasteiger partial charge in [-0.2, -0.15) is 11.8 Å². The van der Waals surface area contributed by atoms with Gasteiger partial charge < -0.3 is 4.90 Å². The van der Waals surface area contributed by atoms with E-state index in [9.17, 15) is 0 Å². The lowest BCUT2D eigenvalue weighted by Crippen LogP contribution is -2.36. The lowest BCUT2D eigenvalue weighted by Gasteiger charge is -2.33. The molecular formula is C12H25NS. The van der Waals surface area contributed by atoms with Crippen LogP contribution in [0.4, 0.5) is 0 Å². The monoisotopic (exact) mass is 215 g/mol. The van der Waals surface area contributed by atoms with Gasteiger partial charge >= 0.3 is 0 Å². The molecule has 1 saturated heterocycles. The Kier molecular flexibility index (Phi) is 4.78. The van der Waals surface area contributed by atoms with Gasteiger partial charge in [0.15, 0.2) is 0 Å². The van der Waals surface area contributed by atoms with Crippen LogP contribution in [0.1, 0.15) is 34.1 Å². The Morgan fingerprint density at radius 3 is 2.29 bits per heavy atom. The average molecular weight is 215 g/mol. The van der Waals surface area contributed by atoms with Crippen molar-refractivity contribution in [1.82, 2.24) is 4.90 Å². The second-order valence-corrected chi connectivity index (χ2v) is 6.57. The summed E-state index contributed by atoms with van der Waals surface area (Å²) >= 11 is 2.10. The van der Waals surface area contributed by atoms with Gasteiger partial charge in [0, 0.05) is 24.6 Å². The highest BCUT2D eigenvalue weighted by molar-refractivity contribution is 7.99. The number of thioether (sulfide) groups is 1. The Hall–Kier alpha value is 0.310. The van der Waals surface area contributed by atoms with Crippen LogP contribution >= 0.6 is 11.8 Å². The predicted molar refractivity (Wildman–Crippen MR) is 67.0 cm³/mol. The summed E-state index contributed by atoms with van der Waals surface area (Å²) in [5, 5.41) is 0. The first-order chi connectivity index (χ1) is 6.52. The molecule has 0 aromatic carbocycles. The SMILES string of the molecule is CC(C)C(C)(C)CCN1CCSCC1. The predicted octanol–water partition coefficient (Wildman–Crippen LogP) is 3.11. The fourth-order valence-electron chi connectivity index (χ4n) is 1.56. The van der Waals surface area contributed by atoms with Crippen LogP contribution < -0.4 is 0 Å². The Morgan fingerprint density at radius 1 is 1.21 bits per heavy atom. The van der Waals surface area contributed by atoms with E-state index in [2.05, 4.69) is 44.4 Å². The molecule has 1 aliphatic rings. The third-order valence-corrected chi connectivity index (χ3v) is 4.68. The number of hydrogen-bond donors (Lipinski definition) is 0. The van der Waals surface area contributed by atoms with Crippen LogP contribution in [0.5, 0.6) is 0 Å². The molecule has 14 heavy (non-hydrogen) atoms. The van der Waals surface area contributed by atoms with E-state index in [1.807, 2.05) is 0 Å². The van der Waals surface area contributed by atoms with Gasteiger partial charge in [-0.3, -0.25) is 0 Å². The molecule has 0 saturated carbocycles. The van der Waals surface area contributed by atoms with Crippen LogP contribution in [0.25, 0.3) is 0 Å². The molecule has 84 valence electrons. The van der Waals surface area contributed by atoms with Crippen molar-refractivity contribution in [2.75, 3.05) is 31.1 Å². The van der Waals surface area contributed by atoms with Crippen molar-refractivity contribution in [1.29, 1.82) is 0 Å². The smallest absolute Gasteiger partial charge is 0.00727 e. The Morgan fingerprint density at radius 2 is 1.79 bits per heavy atom. The van der Waals surface area contributed by atoms with Crippen molar-refractivity contribution >= 4 is 11.8 Å². The Labute approximate surface area is 93.6 Å². The van der Waals surface area contributed by atoms with Gasteiger partial charge in [-0.25, -0.2) is 0 Å². The summed E-state index contributed by atoms with van der Waals surface area (Å²) < 4.78 is 0. The quantitative estimate of drug-likeness (QED) is 0.709. The van der Waals surface area contributed by atoms with E-state index in [0.717, 1.165) is 5.92 Å². The molecule has 2 heteroatoms. The van der Waals surface area contributed by atoms with Crippen molar-refractivity contribution in [3.8, 4) is 0 Å². The number of rotatable bonds is 4. The summed E-state index contributed by atoms with van der Waals surface area (Å²) in [7, 11) is 0. The largest absolute Gasteiger partial charge is 0.302 e. The van der Waals surface area contributed by atoms with Gasteiger partial charge in [0.2, 0.25) is 0 Å². The zero-order chi connectivity index (χ0) is 10.6. The molecule has 0 N–H and O–H groups in total. The molecular weight excluding hydrogens is 190 g/mol. The van der Waals surface area contributed by atoms with E-state index in [4.69, 9.17) is 0 Å². The maximum atomic E-state index is 2.63. The highest BCUT2D eigenvalue weighted by Crippen LogP contribution is 2.30. The minimum atomic E-state index is 0.505. The molecule has 1 nitrogen and oxygen atoms in total. The Balaban J connectivity index is 2.24. The van der Waals surface area contributed by atoms with Crippen LogP contribution in [0.3, 0.4) is 0 Å². The summed E-state index contributed by atoms with van der Waals surface area (Å²) in [5.74, 6) is 3.46. The maximum absolute atomic E-state index is 2.63. The van der Waals surface area contributed by atoms with Crippen LogP contribution in [0.2, 0.25) is 0 Å². The van der Waals surface area contributed by atoms with Crippen LogP contribution in [-0.2, 0) is 0 Å². The molecule has 0 amide bonds.